The van der Waals surface area contributed by atoms with Gasteiger partial charge in [-0.15, -0.1) is 0 Å². The van der Waals surface area contributed by atoms with Crippen LogP contribution in [0.2, 0.25) is 5.02 Å². The van der Waals surface area contributed by atoms with Crippen molar-refractivity contribution < 1.29 is 18.0 Å². The van der Waals surface area contributed by atoms with Gasteiger partial charge in [0.15, 0.2) is 0 Å². The molecule has 2 aromatic carbocycles. The van der Waals surface area contributed by atoms with Gasteiger partial charge >= 0.3 is 0 Å². The first-order valence-corrected chi connectivity index (χ1v) is 10.3. The number of hydrogen-bond donors (Lipinski definition) is 2. The van der Waals surface area contributed by atoms with Crippen molar-refractivity contribution in [2.24, 2.45) is 0 Å². The molecule has 0 aliphatic carbocycles. The first-order chi connectivity index (χ1) is 13.0. The van der Waals surface area contributed by atoms with Gasteiger partial charge in [0.2, 0.25) is 15.9 Å². The summed E-state index contributed by atoms with van der Waals surface area (Å²) in [6.07, 6.45) is 0. The summed E-state index contributed by atoms with van der Waals surface area (Å²) >= 11 is 5.97. The number of nitrogens with zero attached hydrogens (tertiary/aromatic N) is 1. The van der Waals surface area contributed by atoms with Crippen molar-refractivity contribution in [2.75, 3.05) is 17.7 Å². The third kappa shape index (κ3) is 5.09. The van der Waals surface area contributed by atoms with Crippen molar-refractivity contribution in [1.82, 2.24) is 4.31 Å². The molecule has 7 nitrogen and oxygen atoms in total. The zero-order valence-electron chi connectivity index (χ0n) is 16.0. The van der Waals surface area contributed by atoms with Crippen LogP contribution in [0.1, 0.15) is 31.1 Å². The number of sulfonamides is 1. The van der Waals surface area contributed by atoms with Gasteiger partial charge in [0.05, 0.1) is 16.3 Å². The first-order valence-electron chi connectivity index (χ1n) is 8.49. The number of rotatable bonds is 6. The molecule has 0 saturated heterocycles. The maximum absolute atomic E-state index is 12.5. The van der Waals surface area contributed by atoms with Crippen LogP contribution < -0.4 is 10.6 Å². The van der Waals surface area contributed by atoms with Gasteiger partial charge in [-0.05, 0) is 56.3 Å². The molecule has 0 saturated carbocycles. The number of benzene rings is 2. The van der Waals surface area contributed by atoms with Crippen LogP contribution in [-0.2, 0) is 14.8 Å². The topological polar surface area (TPSA) is 95.6 Å². The molecule has 9 heteroatoms. The molecule has 0 atom stereocenters. The number of anilines is 2. The number of hydrogen-bond acceptors (Lipinski definition) is 4. The SMILES string of the molecule is CC(=O)Nc1ccc(Cl)cc1NC(=O)c1ccc(S(=O)(=O)N(C)C(C)C)cc1. The smallest absolute Gasteiger partial charge is 0.255 e. The van der Waals surface area contributed by atoms with E-state index >= 15 is 0 Å². The largest absolute Gasteiger partial charge is 0.325 e. The second kappa shape index (κ2) is 8.72. The standard InChI is InChI=1S/C19H22ClN3O4S/c1-12(2)23(4)28(26,27)16-8-5-14(6-9-16)19(25)22-18-11-15(20)7-10-17(18)21-13(3)24/h5-12H,1-4H3,(H,21,24)(H,22,25). The molecule has 150 valence electrons. The van der Waals surface area contributed by atoms with Crippen molar-refractivity contribution >= 4 is 44.8 Å². The maximum atomic E-state index is 12.5. The fourth-order valence-electron chi connectivity index (χ4n) is 2.34. The van der Waals surface area contributed by atoms with E-state index < -0.39 is 15.9 Å². The Bertz CT molecular complexity index is 989. The summed E-state index contributed by atoms with van der Waals surface area (Å²) in [4.78, 5) is 24.0. The highest BCUT2D eigenvalue weighted by Crippen LogP contribution is 2.26. The van der Waals surface area contributed by atoms with E-state index in [2.05, 4.69) is 10.6 Å². The molecule has 0 aliphatic rings. The summed E-state index contributed by atoms with van der Waals surface area (Å²) in [7, 11) is -2.13. The predicted molar refractivity (Wildman–Crippen MR) is 110 cm³/mol. The normalized spacial score (nSPS) is 11.5. The lowest BCUT2D eigenvalue weighted by atomic mass is 10.2. The highest BCUT2D eigenvalue weighted by Gasteiger charge is 2.23. The molecule has 2 N–H and O–H groups in total. The van der Waals surface area contributed by atoms with E-state index in [9.17, 15) is 18.0 Å². The van der Waals surface area contributed by atoms with E-state index in [0.29, 0.717) is 16.4 Å². The van der Waals surface area contributed by atoms with Crippen molar-refractivity contribution in [1.29, 1.82) is 0 Å². The second-order valence-corrected chi connectivity index (χ2v) is 8.90. The molecule has 0 aliphatic heterocycles. The van der Waals surface area contributed by atoms with Crippen molar-refractivity contribution in [3.8, 4) is 0 Å². The Morgan fingerprint density at radius 2 is 1.61 bits per heavy atom. The van der Waals surface area contributed by atoms with Crippen molar-refractivity contribution in [3.63, 3.8) is 0 Å². The lowest BCUT2D eigenvalue weighted by Crippen LogP contribution is -2.33. The number of halogens is 1. The third-order valence-electron chi connectivity index (χ3n) is 4.06. The average molecular weight is 424 g/mol. The van der Waals surface area contributed by atoms with Crippen LogP contribution in [0.3, 0.4) is 0 Å². The van der Waals surface area contributed by atoms with Crippen molar-refractivity contribution in [3.05, 3.63) is 53.1 Å². The molecule has 2 aromatic rings. The summed E-state index contributed by atoms with van der Waals surface area (Å²) in [6.45, 7) is 4.90. The lowest BCUT2D eigenvalue weighted by Gasteiger charge is -2.21. The minimum absolute atomic E-state index is 0.0990. The Morgan fingerprint density at radius 1 is 1.00 bits per heavy atom. The minimum atomic E-state index is -3.63. The van der Waals surface area contributed by atoms with Gasteiger partial charge in [0.25, 0.3) is 5.91 Å². The van der Waals surface area contributed by atoms with Gasteiger partial charge < -0.3 is 10.6 Å². The molecule has 0 fully saturated rings. The second-order valence-electron chi connectivity index (χ2n) is 6.46. The Morgan fingerprint density at radius 3 is 2.14 bits per heavy atom. The van der Waals surface area contributed by atoms with Crippen LogP contribution >= 0.6 is 11.6 Å². The monoisotopic (exact) mass is 423 g/mol. The number of carbonyl (C=O) groups excluding carboxylic acids is 2. The number of amides is 2. The van der Waals surface area contributed by atoms with E-state index in [1.54, 1.807) is 26.0 Å². The first kappa shape index (κ1) is 21.9. The Kier molecular flexibility index (Phi) is 6.82. The highest BCUT2D eigenvalue weighted by atomic mass is 35.5. The summed E-state index contributed by atoms with van der Waals surface area (Å²) in [5.41, 5.74) is 1.01. The van der Waals surface area contributed by atoms with Crippen LogP contribution in [0.5, 0.6) is 0 Å². The zero-order chi connectivity index (χ0) is 21.1. The predicted octanol–water partition coefficient (Wildman–Crippen LogP) is 3.58. The van der Waals surface area contributed by atoms with Gasteiger partial charge in [-0.1, -0.05) is 11.6 Å². The molecule has 2 rings (SSSR count). The highest BCUT2D eigenvalue weighted by molar-refractivity contribution is 7.89. The summed E-state index contributed by atoms with van der Waals surface area (Å²) in [5.74, 6) is -0.753. The molecule has 0 bridgehead atoms. The van der Waals surface area contributed by atoms with Crippen molar-refractivity contribution in [2.45, 2.75) is 31.7 Å². The molecular weight excluding hydrogens is 402 g/mol. The summed E-state index contributed by atoms with van der Waals surface area (Å²) in [6, 6.07) is 10.1. The lowest BCUT2D eigenvalue weighted by molar-refractivity contribution is -0.114. The maximum Gasteiger partial charge on any atom is 0.255 e. The van der Waals surface area contributed by atoms with Gasteiger partial charge in [-0.2, -0.15) is 4.31 Å². The molecular formula is C19H22ClN3O4S. The quantitative estimate of drug-likeness (QED) is 0.742. The van der Waals surface area contributed by atoms with E-state index in [1.165, 1.54) is 48.6 Å². The summed E-state index contributed by atoms with van der Waals surface area (Å²) in [5, 5.41) is 5.68. The molecule has 0 spiro atoms. The number of nitrogens with one attached hydrogen (secondary N) is 2. The van der Waals surface area contributed by atoms with Crippen LogP contribution in [-0.4, -0.2) is 37.6 Å². The Hall–Kier alpha value is -2.42. The zero-order valence-corrected chi connectivity index (χ0v) is 17.6. The van der Waals surface area contributed by atoms with Gasteiger partial charge in [0.1, 0.15) is 0 Å². The summed E-state index contributed by atoms with van der Waals surface area (Å²) < 4.78 is 26.3. The molecule has 28 heavy (non-hydrogen) atoms. The minimum Gasteiger partial charge on any atom is -0.325 e. The van der Waals surface area contributed by atoms with Gasteiger partial charge in [0, 0.05) is 30.6 Å². The molecule has 2 amide bonds. The van der Waals surface area contributed by atoms with E-state index in [0.717, 1.165) is 0 Å². The third-order valence-corrected chi connectivity index (χ3v) is 6.34. The fourth-order valence-corrected chi connectivity index (χ4v) is 3.87. The van der Waals surface area contributed by atoms with E-state index in [-0.39, 0.29) is 22.4 Å². The molecule has 0 heterocycles. The molecule has 0 aromatic heterocycles. The molecule has 0 unspecified atom stereocenters. The number of carbonyl (C=O) groups is 2. The van der Waals surface area contributed by atoms with Crippen LogP contribution in [0.15, 0.2) is 47.4 Å². The van der Waals surface area contributed by atoms with Gasteiger partial charge in [-0.3, -0.25) is 9.59 Å². The van der Waals surface area contributed by atoms with E-state index in [1.807, 2.05) is 0 Å². The molecule has 0 radical (unpaired) electrons. The Balaban J connectivity index is 2.25. The fraction of sp³-hybridized carbons (Fsp3) is 0.263. The van der Waals surface area contributed by atoms with Gasteiger partial charge in [-0.25, -0.2) is 8.42 Å². The van der Waals surface area contributed by atoms with Crippen LogP contribution in [0, 0.1) is 0 Å². The van der Waals surface area contributed by atoms with Crippen LogP contribution in [0.25, 0.3) is 0 Å². The average Bonchev–Trinajstić information content (AvgIpc) is 2.63. The van der Waals surface area contributed by atoms with Crippen LogP contribution in [0.4, 0.5) is 11.4 Å². The van der Waals surface area contributed by atoms with E-state index in [4.69, 9.17) is 11.6 Å². The Labute approximate surface area is 169 Å².